The maximum atomic E-state index is 12.3. The number of aryl methyl sites for hydroxylation is 1. The van der Waals surface area contributed by atoms with E-state index in [9.17, 15) is 13.2 Å². The molecule has 0 atom stereocenters. The number of amides is 1. The Labute approximate surface area is 139 Å². The Bertz CT molecular complexity index is 848. The molecular formula is C15H13Cl2NO3S. The van der Waals surface area contributed by atoms with Gasteiger partial charge in [-0.3, -0.25) is 4.79 Å². The number of sulfone groups is 1. The second-order valence-electron chi connectivity index (χ2n) is 4.80. The van der Waals surface area contributed by atoms with Crippen LogP contribution in [0.25, 0.3) is 0 Å². The van der Waals surface area contributed by atoms with E-state index in [2.05, 4.69) is 5.32 Å². The van der Waals surface area contributed by atoms with Crippen LogP contribution in [-0.4, -0.2) is 20.6 Å². The first kappa shape index (κ1) is 16.8. The molecule has 0 aliphatic carbocycles. The van der Waals surface area contributed by atoms with Gasteiger partial charge in [-0.15, -0.1) is 0 Å². The summed E-state index contributed by atoms with van der Waals surface area (Å²) < 4.78 is 23.2. The van der Waals surface area contributed by atoms with Gasteiger partial charge < -0.3 is 5.32 Å². The Morgan fingerprint density at radius 1 is 1.14 bits per heavy atom. The van der Waals surface area contributed by atoms with Gasteiger partial charge in [0.25, 0.3) is 5.91 Å². The van der Waals surface area contributed by atoms with Gasteiger partial charge in [0.05, 0.1) is 20.5 Å². The van der Waals surface area contributed by atoms with E-state index in [4.69, 9.17) is 23.2 Å². The van der Waals surface area contributed by atoms with Gasteiger partial charge in [-0.25, -0.2) is 8.42 Å². The fraction of sp³-hybridized carbons (Fsp3) is 0.133. The van der Waals surface area contributed by atoms with Crippen LogP contribution < -0.4 is 5.32 Å². The van der Waals surface area contributed by atoms with Crippen molar-refractivity contribution in [2.45, 2.75) is 11.8 Å². The average Bonchev–Trinajstić information content (AvgIpc) is 2.43. The van der Waals surface area contributed by atoms with E-state index in [0.29, 0.717) is 5.69 Å². The number of halogens is 2. The summed E-state index contributed by atoms with van der Waals surface area (Å²) in [5.41, 5.74) is 1.36. The Morgan fingerprint density at radius 2 is 1.82 bits per heavy atom. The van der Waals surface area contributed by atoms with Crippen LogP contribution >= 0.6 is 23.2 Å². The Morgan fingerprint density at radius 3 is 2.45 bits per heavy atom. The molecule has 0 fully saturated rings. The number of hydrogen-bond acceptors (Lipinski definition) is 3. The van der Waals surface area contributed by atoms with E-state index in [0.717, 1.165) is 11.8 Å². The second-order valence-corrected chi connectivity index (χ2v) is 7.61. The fourth-order valence-corrected chi connectivity index (χ4v) is 2.87. The molecule has 2 aromatic carbocycles. The number of carbonyl (C=O) groups excluding carboxylic acids is 1. The van der Waals surface area contributed by atoms with E-state index < -0.39 is 15.7 Å². The molecule has 0 unspecified atom stereocenters. The maximum Gasteiger partial charge on any atom is 0.257 e. The highest BCUT2D eigenvalue weighted by Gasteiger charge is 2.15. The molecular weight excluding hydrogens is 345 g/mol. The van der Waals surface area contributed by atoms with Crippen LogP contribution in [0.15, 0.2) is 41.3 Å². The van der Waals surface area contributed by atoms with Gasteiger partial charge in [-0.1, -0.05) is 35.3 Å². The molecule has 4 nitrogen and oxygen atoms in total. The lowest BCUT2D eigenvalue weighted by molar-refractivity contribution is 0.102. The van der Waals surface area contributed by atoms with Gasteiger partial charge in [0.2, 0.25) is 0 Å². The standard InChI is InChI=1S/C15H13Cl2NO3S/c1-9-6-7-10(22(2,20)21)8-13(9)18-15(19)11-4-3-5-12(16)14(11)17/h3-8H,1-2H3,(H,18,19). The summed E-state index contributed by atoms with van der Waals surface area (Å²) in [6, 6.07) is 9.28. The molecule has 1 N–H and O–H groups in total. The molecule has 0 radical (unpaired) electrons. The lowest BCUT2D eigenvalue weighted by atomic mass is 10.1. The summed E-state index contributed by atoms with van der Waals surface area (Å²) in [6.07, 6.45) is 1.11. The Kier molecular flexibility index (Phi) is 4.80. The van der Waals surface area contributed by atoms with Crippen molar-refractivity contribution in [3.8, 4) is 0 Å². The van der Waals surface area contributed by atoms with Crippen molar-refractivity contribution < 1.29 is 13.2 Å². The number of anilines is 1. The molecule has 0 aliphatic heterocycles. The maximum absolute atomic E-state index is 12.3. The molecule has 0 aromatic heterocycles. The number of nitrogens with one attached hydrogen (secondary N) is 1. The normalized spacial score (nSPS) is 11.3. The summed E-state index contributed by atoms with van der Waals surface area (Å²) in [4.78, 5) is 12.4. The van der Waals surface area contributed by atoms with Crippen LogP contribution in [0, 0.1) is 6.92 Å². The van der Waals surface area contributed by atoms with Crippen molar-refractivity contribution >= 4 is 44.6 Å². The molecule has 2 rings (SSSR count). The predicted octanol–water partition coefficient (Wildman–Crippen LogP) is 3.96. The molecule has 0 saturated carbocycles. The quantitative estimate of drug-likeness (QED) is 0.903. The zero-order valence-corrected chi connectivity index (χ0v) is 14.2. The van der Waals surface area contributed by atoms with Crippen LogP contribution in [0.1, 0.15) is 15.9 Å². The van der Waals surface area contributed by atoms with Gasteiger partial charge in [-0.05, 0) is 36.8 Å². The van der Waals surface area contributed by atoms with Gasteiger partial charge in [0, 0.05) is 11.9 Å². The van der Waals surface area contributed by atoms with E-state index in [1.54, 1.807) is 31.2 Å². The zero-order valence-electron chi connectivity index (χ0n) is 11.9. The topological polar surface area (TPSA) is 63.2 Å². The summed E-state index contributed by atoms with van der Waals surface area (Å²) in [5, 5.41) is 3.09. The third-order valence-electron chi connectivity index (χ3n) is 3.08. The number of carbonyl (C=O) groups is 1. The number of benzene rings is 2. The van der Waals surface area contributed by atoms with Crippen molar-refractivity contribution in [1.82, 2.24) is 0 Å². The first-order valence-corrected chi connectivity index (χ1v) is 8.91. The van der Waals surface area contributed by atoms with Gasteiger partial charge in [0.1, 0.15) is 0 Å². The van der Waals surface area contributed by atoms with Crippen LogP contribution in [-0.2, 0) is 9.84 Å². The number of hydrogen-bond donors (Lipinski definition) is 1. The molecule has 0 saturated heterocycles. The van der Waals surface area contributed by atoms with Crippen molar-refractivity contribution in [3.63, 3.8) is 0 Å². The largest absolute Gasteiger partial charge is 0.322 e. The molecule has 0 aliphatic rings. The molecule has 0 heterocycles. The summed E-state index contributed by atoms with van der Waals surface area (Å²) in [7, 11) is -3.36. The van der Waals surface area contributed by atoms with Gasteiger partial charge in [0.15, 0.2) is 9.84 Å². The van der Waals surface area contributed by atoms with E-state index in [-0.39, 0.29) is 20.5 Å². The smallest absolute Gasteiger partial charge is 0.257 e. The summed E-state index contributed by atoms with van der Waals surface area (Å²) in [6.45, 7) is 1.77. The average molecular weight is 358 g/mol. The van der Waals surface area contributed by atoms with Crippen LogP contribution in [0.5, 0.6) is 0 Å². The van der Waals surface area contributed by atoms with Crippen molar-refractivity contribution in [3.05, 3.63) is 57.6 Å². The lowest BCUT2D eigenvalue weighted by Gasteiger charge is -2.11. The van der Waals surface area contributed by atoms with Crippen LogP contribution in [0.4, 0.5) is 5.69 Å². The molecule has 1 amide bonds. The van der Waals surface area contributed by atoms with Gasteiger partial charge >= 0.3 is 0 Å². The SMILES string of the molecule is Cc1ccc(S(C)(=O)=O)cc1NC(=O)c1cccc(Cl)c1Cl. The molecule has 7 heteroatoms. The van der Waals surface area contributed by atoms with Gasteiger partial charge in [-0.2, -0.15) is 0 Å². The molecule has 0 spiro atoms. The van der Waals surface area contributed by atoms with Crippen LogP contribution in [0.3, 0.4) is 0 Å². The highest BCUT2D eigenvalue weighted by atomic mass is 35.5. The predicted molar refractivity (Wildman–Crippen MR) is 88.7 cm³/mol. The van der Waals surface area contributed by atoms with E-state index in [1.165, 1.54) is 12.1 Å². The first-order valence-electron chi connectivity index (χ1n) is 6.26. The van der Waals surface area contributed by atoms with Crippen molar-refractivity contribution in [2.24, 2.45) is 0 Å². The van der Waals surface area contributed by atoms with E-state index >= 15 is 0 Å². The fourth-order valence-electron chi connectivity index (χ4n) is 1.84. The minimum absolute atomic E-state index is 0.130. The highest BCUT2D eigenvalue weighted by Crippen LogP contribution is 2.27. The van der Waals surface area contributed by atoms with E-state index in [1.807, 2.05) is 0 Å². The number of rotatable bonds is 3. The monoisotopic (exact) mass is 357 g/mol. The minimum Gasteiger partial charge on any atom is -0.322 e. The summed E-state index contributed by atoms with van der Waals surface area (Å²) in [5.74, 6) is -0.457. The van der Waals surface area contributed by atoms with Crippen molar-refractivity contribution in [2.75, 3.05) is 11.6 Å². The Hall–Kier alpha value is -1.56. The molecule has 22 heavy (non-hydrogen) atoms. The second kappa shape index (κ2) is 6.28. The summed E-state index contributed by atoms with van der Waals surface area (Å²) >= 11 is 11.9. The zero-order chi connectivity index (χ0) is 16.5. The van der Waals surface area contributed by atoms with Crippen molar-refractivity contribution in [1.29, 1.82) is 0 Å². The highest BCUT2D eigenvalue weighted by molar-refractivity contribution is 7.90. The molecule has 2 aromatic rings. The molecule has 116 valence electrons. The molecule has 0 bridgehead atoms. The first-order chi connectivity index (χ1) is 10.2. The lowest BCUT2D eigenvalue weighted by Crippen LogP contribution is -2.14. The van der Waals surface area contributed by atoms with Crippen LogP contribution in [0.2, 0.25) is 10.0 Å². The third-order valence-corrected chi connectivity index (χ3v) is 5.01. The third kappa shape index (κ3) is 3.61. The minimum atomic E-state index is -3.36. The Balaban J connectivity index is 2.38.